The molecule has 0 atom stereocenters. The van der Waals surface area contributed by atoms with Crippen LogP contribution in [-0.2, 0) is 0 Å². The number of nitrogens with zero attached hydrogens (tertiary/aromatic N) is 3. The molecule has 0 unspecified atom stereocenters. The van der Waals surface area contributed by atoms with Crippen molar-refractivity contribution in [3.63, 3.8) is 0 Å². The number of hydrogen-bond donors (Lipinski definition) is 0. The summed E-state index contributed by atoms with van der Waals surface area (Å²) in [4.78, 5) is 18.8. The molecule has 5 nitrogen and oxygen atoms in total. The van der Waals surface area contributed by atoms with Crippen molar-refractivity contribution >= 4 is 87.8 Å². The number of anilines is 1. The number of thiazole rings is 1. The van der Waals surface area contributed by atoms with Gasteiger partial charge in [-0.2, -0.15) is 10.1 Å². The van der Waals surface area contributed by atoms with Crippen LogP contribution in [0.25, 0.3) is 20.3 Å². The van der Waals surface area contributed by atoms with Crippen molar-refractivity contribution in [3.8, 4) is 5.75 Å². The lowest BCUT2D eigenvalue weighted by Crippen LogP contribution is -2.25. The van der Waals surface area contributed by atoms with Crippen LogP contribution >= 0.6 is 50.2 Å². The van der Waals surface area contributed by atoms with Crippen LogP contribution in [0.15, 0.2) is 76.3 Å². The number of rotatable bonds is 5. The van der Waals surface area contributed by atoms with E-state index in [9.17, 15) is 4.79 Å². The maximum absolute atomic E-state index is 13.7. The van der Waals surface area contributed by atoms with E-state index >= 15 is 0 Å². The van der Waals surface area contributed by atoms with E-state index in [1.54, 1.807) is 13.3 Å². The summed E-state index contributed by atoms with van der Waals surface area (Å²) in [6, 6.07) is 20.9. The monoisotopic (exact) mass is 555 g/mol. The Labute approximate surface area is 211 Å². The third-order valence-corrected chi connectivity index (χ3v) is 8.03. The molecule has 5 aromatic rings. The van der Waals surface area contributed by atoms with E-state index in [2.05, 4.69) is 26.0 Å². The number of amides is 1. The molecular weight excluding hydrogens is 542 g/mol. The van der Waals surface area contributed by atoms with Gasteiger partial charge in [-0.05, 0) is 54.1 Å². The molecule has 0 aliphatic heterocycles. The van der Waals surface area contributed by atoms with Gasteiger partial charge in [-0.15, -0.1) is 11.3 Å². The Hall–Kier alpha value is -2.78. The highest BCUT2D eigenvalue weighted by Gasteiger charge is 2.26. The summed E-state index contributed by atoms with van der Waals surface area (Å²) >= 11 is 12.8. The highest BCUT2D eigenvalue weighted by atomic mass is 79.9. The normalized spacial score (nSPS) is 11.5. The minimum atomic E-state index is -0.330. The lowest BCUT2D eigenvalue weighted by molar-refractivity contribution is 0.0992. The van der Waals surface area contributed by atoms with Gasteiger partial charge >= 0.3 is 0 Å². The zero-order valence-corrected chi connectivity index (χ0v) is 21.1. The predicted octanol–water partition coefficient (Wildman–Crippen LogP) is 7.62. The molecule has 0 aliphatic rings. The molecule has 3 aromatic carbocycles. The van der Waals surface area contributed by atoms with Crippen molar-refractivity contribution < 1.29 is 9.53 Å². The second-order valence-electron chi connectivity index (χ2n) is 6.98. The summed E-state index contributed by atoms with van der Waals surface area (Å²) < 4.78 is 8.04. The van der Waals surface area contributed by atoms with E-state index in [0.717, 1.165) is 36.1 Å². The number of methoxy groups -OCH3 is 1. The van der Waals surface area contributed by atoms with Gasteiger partial charge in [0.1, 0.15) is 10.6 Å². The fourth-order valence-electron chi connectivity index (χ4n) is 3.23. The molecule has 33 heavy (non-hydrogen) atoms. The zero-order chi connectivity index (χ0) is 22.9. The van der Waals surface area contributed by atoms with E-state index in [-0.39, 0.29) is 5.91 Å². The molecular formula is C24H15BrClN3O2S2. The number of benzene rings is 3. The quantitative estimate of drug-likeness (QED) is 0.165. The molecule has 0 fully saturated rings. The first kappa shape index (κ1) is 22.0. The van der Waals surface area contributed by atoms with Gasteiger partial charge in [0.05, 0.1) is 28.6 Å². The Balaban J connectivity index is 1.59. The Morgan fingerprint density at radius 3 is 2.64 bits per heavy atom. The number of halogens is 2. The standard InChI is InChI=1S/C24H15BrClN3O2S2/c1-31-16-9-6-14(7-10-16)13-27-29(24-28-18-11-8-15(25)12-20(18)33-24)23(30)22-21(26)17-4-2-3-5-19(17)32-22/h2-13H,1H3/b27-13+. The van der Waals surface area contributed by atoms with Gasteiger partial charge < -0.3 is 4.74 Å². The Bertz CT molecular complexity index is 1510. The predicted molar refractivity (Wildman–Crippen MR) is 142 cm³/mol. The maximum Gasteiger partial charge on any atom is 0.292 e. The molecule has 5 rings (SSSR count). The summed E-state index contributed by atoms with van der Waals surface area (Å²) in [6.07, 6.45) is 1.63. The van der Waals surface area contributed by atoms with Crippen LogP contribution in [0.2, 0.25) is 5.02 Å². The van der Waals surface area contributed by atoms with Crippen LogP contribution in [0.3, 0.4) is 0 Å². The van der Waals surface area contributed by atoms with Crippen molar-refractivity contribution in [2.45, 2.75) is 0 Å². The highest BCUT2D eigenvalue weighted by Crippen LogP contribution is 2.38. The van der Waals surface area contributed by atoms with Crippen molar-refractivity contribution in [2.24, 2.45) is 5.10 Å². The van der Waals surface area contributed by atoms with Crippen molar-refractivity contribution in [1.82, 2.24) is 4.98 Å². The molecule has 2 aromatic heterocycles. The molecule has 164 valence electrons. The average molecular weight is 557 g/mol. The van der Waals surface area contributed by atoms with Gasteiger partial charge in [0.25, 0.3) is 5.91 Å². The summed E-state index contributed by atoms with van der Waals surface area (Å²) in [5.41, 5.74) is 1.61. The van der Waals surface area contributed by atoms with Crippen LogP contribution in [-0.4, -0.2) is 24.2 Å². The summed E-state index contributed by atoms with van der Waals surface area (Å²) in [6.45, 7) is 0. The molecule has 0 aliphatic carbocycles. The summed E-state index contributed by atoms with van der Waals surface area (Å²) in [5, 5.41) is 7.58. The third kappa shape index (κ3) is 4.39. The van der Waals surface area contributed by atoms with Crippen molar-refractivity contribution in [3.05, 3.63) is 86.7 Å². The minimum absolute atomic E-state index is 0.330. The number of aromatic nitrogens is 1. The Morgan fingerprint density at radius 2 is 1.88 bits per heavy atom. The van der Waals surface area contributed by atoms with Crippen LogP contribution in [0.1, 0.15) is 15.2 Å². The number of carbonyl (C=O) groups is 1. The second kappa shape index (κ2) is 9.23. The lowest BCUT2D eigenvalue weighted by atomic mass is 10.2. The maximum atomic E-state index is 13.7. The lowest BCUT2D eigenvalue weighted by Gasteiger charge is -2.13. The van der Waals surface area contributed by atoms with Gasteiger partial charge in [0, 0.05) is 14.6 Å². The number of thiophene rings is 1. The topological polar surface area (TPSA) is 54.8 Å². The second-order valence-corrected chi connectivity index (χ2v) is 10.3. The van der Waals surface area contributed by atoms with Crippen molar-refractivity contribution in [2.75, 3.05) is 12.1 Å². The number of fused-ring (bicyclic) bond motifs is 2. The molecule has 9 heteroatoms. The number of ether oxygens (including phenoxy) is 1. The van der Waals surface area contributed by atoms with E-state index in [1.165, 1.54) is 27.7 Å². The average Bonchev–Trinajstić information content (AvgIpc) is 3.40. The summed E-state index contributed by atoms with van der Waals surface area (Å²) in [5.74, 6) is 0.415. The fourth-order valence-corrected chi connectivity index (χ4v) is 6.14. The molecule has 0 radical (unpaired) electrons. The number of hydrazone groups is 1. The van der Waals surface area contributed by atoms with Gasteiger partial charge in [0.15, 0.2) is 0 Å². The van der Waals surface area contributed by atoms with Gasteiger partial charge in [-0.3, -0.25) is 4.79 Å². The number of carbonyl (C=O) groups excluding carboxylic acids is 1. The summed E-state index contributed by atoms with van der Waals surface area (Å²) in [7, 11) is 1.61. The van der Waals surface area contributed by atoms with Crippen LogP contribution in [0.4, 0.5) is 5.13 Å². The SMILES string of the molecule is COc1ccc(/C=N/N(C(=O)c2sc3ccccc3c2Cl)c2nc3ccc(Br)cc3s2)cc1. The van der Waals surface area contributed by atoms with Crippen LogP contribution in [0.5, 0.6) is 5.75 Å². The smallest absolute Gasteiger partial charge is 0.292 e. The zero-order valence-electron chi connectivity index (χ0n) is 17.2. The third-order valence-electron chi connectivity index (χ3n) is 4.88. The molecule has 0 spiro atoms. The first-order valence-corrected chi connectivity index (χ1v) is 12.6. The first-order chi connectivity index (χ1) is 16.0. The van der Waals surface area contributed by atoms with E-state index in [0.29, 0.717) is 15.0 Å². The van der Waals surface area contributed by atoms with Crippen molar-refractivity contribution in [1.29, 1.82) is 0 Å². The van der Waals surface area contributed by atoms with Crippen LogP contribution in [0, 0.1) is 0 Å². The van der Waals surface area contributed by atoms with E-state index in [4.69, 9.17) is 16.3 Å². The fraction of sp³-hybridized carbons (Fsp3) is 0.0417. The molecule has 0 bridgehead atoms. The molecule has 2 heterocycles. The van der Waals surface area contributed by atoms with Gasteiger partial charge in [0.2, 0.25) is 5.13 Å². The Morgan fingerprint density at radius 1 is 1.09 bits per heavy atom. The van der Waals surface area contributed by atoms with E-state index in [1.807, 2.05) is 66.7 Å². The van der Waals surface area contributed by atoms with Gasteiger partial charge in [-0.25, -0.2) is 4.98 Å². The van der Waals surface area contributed by atoms with Gasteiger partial charge in [-0.1, -0.05) is 57.1 Å². The minimum Gasteiger partial charge on any atom is -0.497 e. The van der Waals surface area contributed by atoms with E-state index < -0.39 is 0 Å². The largest absolute Gasteiger partial charge is 0.497 e. The highest BCUT2D eigenvalue weighted by molar-refractivity contribution is 9.10. The first-order valence-electron chi connectivity index (χ1n) is 9.79. The van der Waals surface area contributed by atoms with Crippen LogP contribution < -0.4 is 9.75 Å². The molecule has 0 N–H and O–H groups in total. The molecule has 1 amide bonds. The molecule has 0 saturated carbocycles. The molecule has 0 saturated heterocycles. The Kier molecular flexibility index (Phi) is 6.16. The number of hydrogen-bond acceptors (Lipinski definition) is 6.